The third kappa shape index (κ3) is 10.2. The SMILES string of the molecule is CCCCN(C(=O)C(CC(N)=O)NC(=O)OC(C)(C)C)C(C(=O)NC(C)(C)C)c1ccccc1O. The molecule has 2 unspecified atom stereocenters. The predicted octanol–water partition coefficient (Wildman–Crippen LogP) is 2.75. The number of primary amides is 1. The van der Waals surface area contributed by atoms with E-state index in [9.17, 15) is 24.3 Å². The van der Waals surface area contributed by atoms with Gasteiger partial charge in [-0.25, -0.2) is 4.79 Å². The fourth-order valence-electron chi connectivity index (χ4n) is 3.35. The molecule has 10 nitrogen and oxygen atoms in total. The maximum Gasteiger partial charge on any atom is 0.408 e. The van der Waals surface area contributed by atoms with Crippen LogP contribution in [0.3, 0.4) is 0 Å². The van der Waals surface area contributed by atoms with Gasteiger partial charge in [0.25, 0.3) is 0 Å². The molecule has 0 radical (unpaired) electrons. The van der Waals surface area contributed by atoms with Crippen molar-refractivity contribution in [3.05, 3.63) is 29.8 Å². The Morgan fingerprint density at radius 1 is 1.09 bits per heavy atom. The number of rotatable bonds is 10. The van der Waals surface area contributed by atoms with Gasteiger partial charge in [0.05, 0.1) is 6.42 Å². The number of para-hydroxylation sites is 1. The number of unbranched alkanes of at least 4 members (excludes halogenated alkanes) is 1. The highest BCUT2D eigenvalue weighted by Crippen LogP contribution is 2.30. The van der Waals surface area contributed by atoms with E-state index in [0.717, 1.165) is 0 Å². The average molecular weight is 493 g/mol. The van der Waals surface area contributed by atoms with Crippen molar-refractivity contribution in [1.82, 2.24) is 15.5 Å². The number of ether oxygens (including phenoxy) is 1. The summed E-state index contributed by atoms with van der Waals surface area (Å²) < 4.78 is 5.25. The molecule has 0 saturated heterocycles. The van der Waals surface area contributed by atoms with Gasteiger partial charge in [-0.3, -0.25) is 14.4 Å². The van der Waals surface area contributed by atoms with E-state index in [-0.39, 0.29) is 17.9 Å². The molecule has 0 spiro atoms. The number of aromatic hydroxyl groups is 1. The average Bonchev–Trinajstić information content (AvgIpc) is 2.68. The molecular weight excluding hydrogens is 452 g/mol. The minimum absolute atomic E-state index is 0.136. The van der Waals surface area contributed by atoms with Crippen molar-refractivity contribution in [2.75, 3.05) is 6.54 Å². The van der Waals surface area contributed by atoms with E-state index in [0.29, 0.717) is 12.8 Å². The smallest absolute Gasteiger partial charge is 0.408 e. The Morgan fingerprint density at radius 3 is 2.17 bits per heavy atom. The van der Waals surface area contributed by atoms with Crippen molar-refractivity contribution >= 4 is 23.8 Å². The third-order valence-corrected chi connectivity index (χ3v) is 4.72. The lowest BCUT2D eigenvalue weighted by atomic mass is 9.99. The summed E-state index contributed by atoms with van der Waals surface area (Å²) in [6, 6.07) is 3.65. The Hall–Kier alpha value is -3.30. The summed E-state index contributed by atoms with van der Waals surface area (Å²) in [5.41, 5.74) is 4.12. The van der Waals surface area contributed by atoms with Gasteiger partial charge in [0.15, 0.2) is 0 Å². The maximum absolute atomic E-state index is 13.8. The number of benzene rings is 1. The van der Waals surface area contributed by atoms with Crippen molar-refractivity contribution < 1.29 is 29.0 Å². The summed E-state index contributed by atoms with van der Waals surface area (Å²) in [5.74, 6) is -2.19. The van der Waals surface area contributed by atoms with Crippen LogP contribution in [0.15, 0.2) is 24.3 Å². The van der Waals surface area contributed by atoms with Gasteiger partial charge in [-0.1, -0.05) is 31.5 Å². The first-order valence-corrected chi connectivity index (χ1v) is 11.7. The van der Waals surface area contributed by atoms with Crippen molar-refractivity contribution in [1.29, 1.82) is 0 Å². The van der Waals surface area contributed by atoms with Crippen LogP contribution in [0.2, 0.25) is 0 Å². The lowest BCUT2D eigenvalue weighted by Crippen LogP contribution is -2.55. The molecule has 4 amide bonds. The molecule has 0 heterocycles. The van der Waals surface area contributed by atoms with Gasteiger partial charge in [-0.2, -0.15) is 0 Å². The van der Waals surface area contributed by atoms with Gasteiger partial charge in [0, 0.05) is 17.6 Å². The second kappa shape index (κ2) is 12.4. The number of carbonyl (C=O) groups excluding carboxylic acids is 4. The number of carbonyl (C=O) groups is 4. The summed E-state index contributed by atoms with van der Waals surface area (Å²) in [6.45, 7) is 12.4. The van der Waals surface area contributed by atoms with Gasteiger partial charge >= 0.3 is 6.09 Å². The first-order chi connectivity index (χ1) is 16.1. The molecule has 0 aliphatic heterocycles. The summed E-state index contributed by atoms with van der Waals surface area (Å²) in [4.78, 5) is 52.7. The fraction of sp³-hybridized carbons (Fsp3) is 0.600. The van der Waals surface area contributed by atoms with Crippen molar-refractivity contribution in [3.63, 3.8) is 0 Å². The van der Waals surface area contributed by atoms with E-state index in [4.69, 9.17) is 10.5 Å². The van der Waals surface area contributed by atoms with E-state index in [2.05, 4.69) is 10.6 Å². The predicted molar refractivity (Wildman–Crippen MR) is 132 cm³/mol. The van der Waals surface area contributed by atoms with Crippen LogP contribution < -0.4 is 16.4 Å². The van der Waals surface area contributed by atoms with E-state index < -0.39 is 53.5 Å². The van der Waals surface area contributed by atoms with Crippen LogP contribution in [-0.2, 0) is 19.1 Å². The van der Waals surface area contributed by atoms with Crippen LogP contribution in [0.25, 0.3) is 0 Å². The van der Waals surface area contributed by atoms with Gasteiger partial charge in [-0.15, -0.1) is 0 Å². The molecule has 2 atom stereocenters. The Kier molecular flexibility index (Phi) is 10.5. The van der Waals surface area contributed by atoms with Crippen molar-refractivity contribution in [2.45, 2.75) is 91.0 Å². The van der Waals surface area contributed by atoms with E-state index in [1.807, 2.05) is 6.92 Å². The largest absolute Gasteiger partial charge is 0.508 e. The second-order valence-corrected chi connectivity index (χ2v) is 10.5. The minimum Gasteiger partial charge on any atom is -0.508 e. The molecule has 196 valence electrons. The number of hydrogen-bond acceptors (Lipinski definition) is 6. The molecule has 0 fully saturated rings. The van der Waals surface area contributed by atoms with Crippen LogP contribution in [-0.4, -0.2) is 57.5 Å². The molecular formula is C25H40N4O6. The number of alkyl carbamates (subject to hydrolysis) is 1. The zero-order valence-corrected chi connectivity index (χ0v) is 21.8. The fourth-order valence-corrected chi connectivity index (χ4v) is 3.35. The molecule has 0 bridgehead atoms. The van der Waals surface area contributed by atoms with E-state index in [1.165, 1.54) is 11.0 Å². The van der Waals surface area contributed by atoms with Gasteiger partial charge in [0.1, 0.15) is 23.4 Å². The van der Waals surface area contributed by atoms with E-state index >= 15 is 0 Å². The van der Waals surface area contributed by atoms with Gasteiger partial charge in [0.2, 0.25) is 17.7 Å². The summed E-state index contributed by atoms with van der Waals surface area (Å²) in [6.07, 6.45) is -0.146. The molecule has 0 aliphatic rings. The molecule has 5 N–H and O–H groups in total. The van der Waals surface area contributed by atoms with Crippen molar-refractivity contribution in [2.24, 2.45) is 5.73 Å². The summed E-state index contributed by atoms with van der Waals surface area (Å²) >= 11 is 0. The first kappa shape index (κ1) is 29.7. The van der Waals surface area contributed by atoms with Crippen LogP contribution in [0.1, 0.15) is 79.3 Å². The molecule has 0 aromatic heterocycles. The Balaban J connectivity index is 3.53. The summed E-state index contributed by atoms with van der Waals surface area (Å²) in [5, 5.41) is 15.8. The summed E-state index contributed by atoms with van der Waals surface area (Å²) in [7, 11) is 0. The number of amides is 4. The number of phenols is 1. The molecule has 1 rings (SSSR count). The van der Waals surface area contributed by atoms with Gasteiger partial charge in [-0.05, 0) is 54.0 Å². The maximum atomic E-state index is 13.8. The zero-order valence-electron chi connectivity index (χ0n) is 21.8. The zero-order chi connectivity index (χ0) is 27.0. The molecule has 35 heavy (non-hydrogen) atoms. The monoisotopic (exact) mass is 492 g/mol. The Bertz CT molecular complexity index is 904. The highest BCUT2D eigenvalue weighted by Gasteiger charge is 2.38. The van der Waals surface area contributed by atoms with Gasteiger partial charge < -0.3 is 31.1 Å². The van der Waals surface area contributed by atoms with Crippen LogP contribution in [0.4, 0.5) is 4.79 Å². The van der Waals surface area contributed by atoms with Crippen LogP contribution in [0, 0.1) is 0 Å². The number of nitrogens with two attached hydrogens (primary N) is 1. The second-order valence-electron chi connectivity index (χ2n) is 10.5. The number of phenolic OH excluding ortho intramolecular Hbond substituents is 1. The lowest BCUT2D eigenvalue weighted by Gasteiger charge is -2.36. The van der Waals surface area contributed by atoms with E-state index in [1.54, 1.807) is 59.7 Å². The quantitative estimate of drug-likeness (QED) is 0.394. The van der Waals surface area contributed by atoms with Crippen molar-refractivity contribution in [3.8, 4) is 5.75 Å². The standard InChI is InChI=1S/C25H40N4O6/c1-8-9-14-29(22(33)17(15-19(26)31)27-23(34)35-25(5,6)7)20(21(32)28-24(2,3)4)16-12-10-11-13-18(16)30/h10-13,17,20,30H,8-9,14-15H2,1-7H3,(H2,26,31)(H,27,34)(H,28,32). The number of nitrogens with one attached hydrogen (secondary N) is 2. The number of hydrogen-bond donors (Lipinski definition) is 4. The molecule has 0 aliphatic carbocycles. The molecule has 1 aromatic rings. The lowest BCUT2D eigenvalue weighted by molar-refractivity contribution is -0.144. The van der Waals surface area contributed by atoms with Crippen LogP contribution in [0.5, 0.6) is 5.75 Å². The molecule has 1 aromatic carbocycles. The first-order valence-electron chi connectivity index (χ1n) is 11.7. The molecule has 0 saturated carbocycles. The minimum atomic E-state index is -1.37. The normalized spacial score (nSPS) is 13.3. The Morgan fingerprint density at radius 2 is 1.69 bits per heavy atom. The third-order valence-electron chi connectivity index (χ3n) is 4.72. The highest BCUT2D eigenvalue weighted by atomic mass is 16.6. The topological polar surface area (TPSA) is 151 Å². The van der Waals surface area contributed by atoms with Crippen LogP contribution >= 0.6 is 0 Å². The molecule has 10 heteroatoms. The number of nitrogens with zero attached hydrogens (tertiary/aromatic N) is 1. The highest BCUT2D eigenvalue weighted by molar-refractivity contribution is 5.95. The Labute approximate surface area is 207 Å².